The molecule has 8 heteroatoms. The van der Waals surface area contributed by atoms with Gasteiger partial charge in [-0.1, -0.05) is 24.3 Å². The Balaban J connectivity index is 1.46. The van der Waals surface area contributed by atoms with E-state index in [4.69, 9.17) is 14.8 Å². The van der Waals surface area contributed by atoms with E-state index in [0.29, 0.717) is 18.4 Å². The van der Waals surface area contributed by atoms with Crippen LogP contribution in [0.1, 0.15) is 38.8 Å². The van der Waals surface area contributed by atoms with Gasteiger partial charge in [0.15, 0.2) is 11.5 Å². The molecule has 0 saturated carbocycles. The zero-order valence-electron chi connectivity index (χ0n) is 20.0. The number of nitrogens with one attached hydrogen (secondary N) is 1. The largest absolute Gasteiger partial charge is 0.489 e. The maximum absolute atomic E-state index is 9.09. The third-order valence-electron chi connectivity index (χ3n) is 6.49. The molecule has 0 aliphatic carbocycles. The van der Waals surface area contributed by atoms with Crippen LogP contribution in [0.4, 0.5) is 0 Å². The average Bonchev–Trinajstić information content (AvgIpc) is 3.49. The summed E-state index contributed by atoms with van der Waals surface area (Å²) >= 11 is 0. The molecule has 1 aromatic carbocycles. The molecule has 0 radical (unpaired) electrons. The monoisotopic (exact) mass is 460 g/mol. The van der Waals surface area contributed by atoms with Crippen LogP contribution in [0.15, 0.2) is 48.7 Å². The lowest BCUT2D eigenvalue weighted by atomic mass is 10.1. The van der Waals surface area contributed by atoms with Gasteiger partial charge in [0.05, 0.1) is 12.7 Å². The first-order chi connectivity index (χ1) is 16.5. The molecule has 34 heavy (non-hydrogen) atoms. The van der Waals surface area contributed by atoms with Crippen LogP contribution >= 0.6 is 0 Å². The van der Waals surface area contributed by atoms with Crippen molar-refractivity contribution in [3.63, 3.8) is 0 Å². The molecule has 3 aromatic heterocycles. The third kappa shape index (κ3) is 4.49. The van der Waals surface area contributed by atoms with Crippen LogP contribution in [-0.4, -0.2) is 68.0 Å². The molecule has 0 unspecified atom stereocenters. The summed E-state index contributed by atoms with van der Waals surface area (Å²) in [5, 5.41) is 22.4. The minimum atomic E-state index is 0.0676. The fourth-order valence-electron chi connectivity index (χ4n) is 4.71. The van der Waals surface area contributed by atoms with Gasteiger partial charge in [-0.25, -0.2) is 4.98 Å². The standard InChI is InChI=1S/C26H32N6O2/c1-17(2)34-23-6-4-5-19-7-9-22(28-25(19)23)26-30-29-24-10-8-20(15-32(24)26)18(3)31-13-11-21(16-31)27-12-14-33/h4-10,15,17-18,21,27,33H,11-14,16H2,1-3H3/t18-,21-/m0/s1. The molecule has 4 heterocycles. The van der Waals surface area contributed by atoms with Crippen LogP contribution in [0.2, 0.25) is 0 Å². The van der Waals surface area contributed by atoms with Crippen molar-refractivity contribution in [1.29, 1.82) is 0 Å². The Hall–Kier alpha value is -3.07. The van der Waals surface area contributed by atoms with Crippen LogP contribution < -0.4 is 10.1 Å². The maximum Gasteiger partial charge on any atom is 0.187 e. The van der Waals surface area contributed by atoms with Crippen molar-refractivity contribution in [2.24, 2.45) is 0 Å². The normalized spacial score (nSPS) is 17.7. The number of benzene rings is 1. The highest BCUT2D eigenvalue weighted by molar-refractivity contribution is 5.86. The third-order valence-corrected chi connectivity index (χ3v) is 6.49. The molecule has 0 bridgehead atoms. The Labute approximate surface area is 199 Å². The highest BCUT2D eigenvalue weighted by atomic mass is 16.5. The summed E-state index contributed by atoms with van der Waals surface area (Å²) in [6.07, 6.45) is 3.29. The summed E-state index contributed by atoms with van der Waals surface area (Å²) in [6.45, 7) is 9.09. The highest BCUT2D eigenvalue weighted by Crippen LogP contribution is 2.29. The first-order valence-corrected chi connectivity index (χ1v) is 12.0. The first-order valence-electron chi connectivity index (χ1n) is 12.0. The molecule has 1 saturated heterocycles. The van der Waals surface area contributed by atoms with Crippen LogP contribution in [0.3, 0.4) is 0 Å². The van der Waals surface area contributed by atoms with Crippen LogP contribution in [-0.2, 0) is 0 Å². The van der Waals surface area contributed by atoms with Crippen LogP contribution in [0.5, 0.6) is 5.75 Å². The number of likely N-dealkylation sites (tertiary alicyclic amines) is 1. The molecule has 4 aromatic rings. The Morgan fingerprint density at radius 2 is 2.00 bits per heavy atom. The molecular formula is C26H32N6O2. The number of hydrogen-bond acceptors (Lipinski definition) is 7. The number of hydrogen-bond donors (Lipinski definition) is 2. The molecule has 5 rings (SSSR count). The van der Waals surface area contributed by atoms with E-state index in [1.54, 1.807) is 0 Å². The van der Waals surface area contributed by atoms with E-state index in [1.807, 2.05) is 48.6 Å². The highest BCUT2D eigenvalue weighted by Gasteiger charge is 2.27. The molecule has 1 aliphatic rings. The fourth-order valence-corrected chi connectivity index (χ4v) is 4.71. The maximum atomic E-state index is 9.09. The summed E-state index contributed by atoms with van der Waals surface area (Å²) in [7, 11) is 0. The van der Waals surface area contributed by atoms with Gasteiger partial charge >= 0.3 is 0 Å². The Kier molecular flexibility index (Phi) is 6.45. The van der Waals surface area contributed by atoms with E-state index in [-0.39, 0.29) is 18.8 Å². The Morgan fingerprint density at radius 3 is 2.82 bits per heavy atom. The van der Waals surface area contributed by atoms with E-state index >= 15 is 0 Å². The van der Waals surface area contributed by atoms with Crippen molar-refractivity contribution in [2.75, 3.05) is 26.2 Å². The van der Waals surface area contributed by atoms with E-state index in [1.165, 1.54) is 5.56 Å². The molecule has 0 amide bonds. The molecular weight excluding hydrogens is 428 g/mol. The second-order valence-corrected chi connectivity index (χ2v) is 9.24. The molecule has 8 nitrogen and oxygen atoms in total. The van der Waals surface area contributed by atoms with Gasteiger partial charge in [-0.05, 0) is 51.0 Å². The molecule has 2 atom stereocenters. The summed E-state index contributed by atoms with van der Waals surface area (Å²) in [5.74, 6) is 1.49. The van der Waals surface area contributed by atoms with E-state index in [2.05, 4.69) is 45.7 Å². The van der Waals surface area contributed by atoms with Crippen molar-refractivity contribution in [3.05, 3.63) is 54.2 Å². The van der Waals surface area contributed by atoms with E-state index < -0.39 is 0 Å². The van der Waals surface area contributed by atoms with Crippen molar-refractivity contribution in [3.8, 4) is 17.3 Å². The number of rotatable bonds is 8. The first kappa shape index (κ1) is 22.7. The number of pyridine rings is 2. The number of aromatic nitrogens is 4. The topological polar surface area (TPSA) is 87.8 Å². The van der Waals surface area contributed by atoms with Crippen LogP contribution in [0, 0.1) is 0 Å². The van der Waals surface area contributed by atoms with Crippen molar-refractivity contribution in [2.45, 2.75) is 45.4 Å². The van der Waals surface area contributed by atoms with Gasteiger partial charge in [0.1, 0.15) is 17.0 Å². The van der Waals surface area contributed by atoms with Gasteiger partial charge in [-0.15, -0.1) is 10.2 Å². The molecule has 2 N–H and O–H groups in total. The summed E-state index contributed by atoms with van der Waals surface area (Å²) in [5.41, 5.74) is 3.59. The van der Waals surface area contributed by atoms with Gasteiger partial charge in [0.25, 0.3) is 0 Å². The van der Waals surface area contributed by atoms with Crippen molar-refractivity contribution in [1.82, 2.24) is 29.8 Å². The number of aliphatic hydroxyl groups excluding tert-OH is 1. The summed E-state index contributed by atoms with van der Waals surface area (Å²) in [4.78, 5) is 7.40. The minimum Gasteiger partial charge on any atom is -0.489 e. The average molecular weight is 461 g/mol. The molecule has 0 spiro atoms. The van der Waals surface area contributed by atoms with Gasteiger partial charge in [0.2, 0.25) is 0 Å². The lowest BCUT2D eigenvalue weighted by Gasteiger charge is -2.25. The number of fused-ring (bicyclic) bond motifs is 2. The fraction of sp³-hybridized carbons (Fsp3) is 0.423. The van der Waals surface area contributed by atoms with E-state index in [0.717, 1.165) is 47.5 Å². The summed E-state index contributed by atoms with van der Waals surface area (Å²) < 4.78 is 8.03. The smallest absolute Gasteiger partial charge is 0.187 e. The Bertz CT molecular complexity index is 1290. The van der Waals surface area contributed by atoms with Crippen LogP contribution in [0.25, 0.3) is 28.1 Å². The van der Waals surface area contributed by atoms with Gasteiger partial charge in [0, 0.05) is 43.3 Å². The lowest BCUT2D eigenvalue weighted by molar-refractivity contribution is 0.245. The quantitative estimate of drug-likeness (QED) is 0.416. The zero-order chi connectivity index (χ0) is 23.7. The lowest BCUT2D eigenvalue weighted by Crippen LogP contribution is -2.35. The predicted molar refractivity (Wildman–Crippen MR) is 133 cm³/mol. The number of nitrogens with zero attached hydrogens (tertiary/aromatic N) is 5. The Morgan fingerprint density at radius 1 is 1.12 bits per heavy atom. The molecule has 1 aliphatic heterocycles. The predicted octanol–water partition coefficient (Wildman–Crippen LogP) is 3.45. The van der Waals surface area contributed by atoms with Gasteiger partial charge < -0.3 is 15.2 Å². The molecule has 1 fully saturated rings. The zero-order valence-corrected chi connectivity index (χ0v) is 20.0. The SMILES string of the molecule is CC(C)Oc1cccc2ccc(-c3nnc4ccc([C@H](C)N5CC[C@H](NCCO)C5)cn34)nc12. The number of para-hydroxylation sites is 1. The second-order valence-electron chi connectivity index (χ2n) is 9.24. The minimum absolute atomic E-state index is 0.0676. The van der Waals surface area contributed by atoms with Gasteiger partial charge in [-0.2, -0.15) is 0 Å². The van der Waals surface area contributed by atoms with E-state index in [9.17, 15) is 0 Å². The van der Waals surface area contributed by atoms with Gasteiger partial charge in [-0.3, -0.25) is 9.30 Å². The number of ether oxygens (including phenoxy) is 1. The summed E-state index contributed by atoms with van der Waals surface area (Å²) in [6, 6.07) is 14.9. The number of aliphatic hydroxyl groups is 1. The van der Waals surface area contributed by atoms with Crippen molar-refractivity contribution >= 4 is 16.6 Å². The second kappa shape index (κ2) is 9.66. The van der Waals surface area contributed by atoms with Crippen molar-refractivity contribution < 1.29 is 9.84 Å². The molecule has 178 valence electrons.